The summed E-state index contributed by atoms with van der Waals surface area (Å²) in [6, 6.07) is 5.69. The monoisotopic (exact) mass is 501 g/mol. The van der Waals surface area contributed by atoms with E-state index in [2.05, 4.69) is 4.90 Å². The predicted octanol–water partition coefficient (Wildman–Crippen LogP) is 3.21. The average molecular weight is 502 g/mol. The molecular weight excluding hydrogens is 473 g/mol. The molecule has 0 bridgehead atoms. The molecule has 1 N–H and O–H groups in total. The second kappa shape index (κ2) is 11.1. The number of rotatable bonds is 10. The lowest BCUT2D eigenvalue weighted by atomic mass is 9.89. The van der Waals surface area contributed by atoms with E-state index in [0.717, 1.165) is 38.9 Å². The van der Waals surface area contributed by atoms with Gasteiger partial charge < -0.3 is 10.0 Å². The number of carbonyl (C=O) groups excluding carboxylic acids is 1. The zero-order valence-corrected chi connectivity index (χ0v) is 20.1. The molecule has 10 heteroatoms. The third-order valence-electron chi connectivity index (χ3n) is 6.61. The zero-order chi connectivity index (χ0) is 24.9. The number of carbonyl (C=O) groups is 2. The molecule has 35 heavy (non-hydrogen) atoms. The van der Waals surface area contributed by atoms with Crippen LogP contribution in [-0.4, -0.2) is 50.5 Å². The number of thiophene rings is 1. The molecule has 0 radical (unpaired) electrons. The van der Waals surface area contributed by atoms with Crippen LogP contribution >= 0.6 is 11.3 Å². The van der Waals surface area contributed by atoms with E-state index in [9.17, 15) is 23.6 Å². The number of likely N-dealkylation sites (tertiary alicyclic amines) is 1. The number of aromatic nitrogens is 2. The minimum atomic E-state index is -0.999. The van der Waals surface area contributed by atoms with Gasteiger partial charge in [-0.25, -0.2) is 9.18 Å². The normalized spacial score (nSPS) is 15.0. The van der Waals surface area contributed by atoms with Crippen LogP contribution in [0.4, 0.5) is 4.39 Å². The molecule has 0 spiro atoms. The molecule has 0 saturated carbocycles. The van der Waals surface area contributed by atoms with E-state index < -0.39 is 11.7 Å². The molecule has 3 aromatic rings. The van der Waals surface area contributed by atoms with Gasteiger partial charge in [0.05, 0.1) is 17.3 Å². The van der Waals surface area contributed by atoms with Gasteiger partial charge in [-0.3, -0.25) is 23.5 Å². The zero-order valence-electron chi connectivity index (χ0n) is 19.3. The maximum absolute atomic E-state index is 13.1. The fourth-order valence-electron chi connectivity index (χ4n) is 4.64. The molecule has 0 amide bonds. The molecule has 2 aromatic heterocycles. The van der Waals surface area contributed by atoms with Gasteiger partial charge in [0.2, 0.25) is 0 Å². The summed E-state index contributed by atoms with van der Waals surface area (Å²) in [6.07, 6.45) is 2.73. The number of nitrogens with zero attached hydrogens (tertiary/aromatic N) is 3. The van der Waals surface area contributed by atoms with Crippen molar-refractivity contribution >= 4 is 34.0 Å². The van der Waals surface area contributed by atoms with Crippen LogP contribution in [0.3, 0.4) is 0 Å². The van der Waals surface area contributed by atoms with E-state index >= 15 is 0 Å². The number of aliphatic carboxylic acids is 1. The van der Waals surface area contributed by atoms with Crippen molar-refractivity contribution in [3.63, 3.8) is 0 Å². The summed E-state index contributed by atoms with van der Waals surface area (Å²) in [7, 11) is 0. The van der Waals surface area contributed by atoms with Crippen molar-refractivity contribution in [3.05, 3.63) is 67.2 Å². The second-order valence-corrected chi connectivity index (χ2v) is 9.64. The Labute approximate surface area is 205 Å². The van der Waals surface area contributed by atoms with Gasteiger partial charge in [-0.1, -0.05) is 0 Å². The van der Waals surface area contributed by atoms with Crippen LogP contribution in [0.15, 0.2) is 44.6 Å². The van der Waals surface area contributed by atoms with Gasteiger partial charge in [0.1, 0.15) is 5.82 Å². The summed E-state index contributed by atoms with van der Waals surface area (Å²) in [4.78, 5) is 51.7. The van der Waals surface area contributed by atoms with Crippen molar-refractivity contribution < 1.29 is 19.1 Å². The van der Waals surface area contributed by atoms with E-state index in [0.29, 0.717) is 22.9 Å². The first kappa shape index (κ1) is 25.0. The lowest BCUT2D eigenvalue weighted by Crippen LogP contribution is -2.40. The molecule has 0 aliphatic carbocycles. The van der Waals surface area contributed by atoms with E-state index in [1.54, 1.807) is 10.8 Å². The Morgan fingerprint density at radius 2 is 1.66 bits per heavy atom. The smallest absolute Gasteiger partial charge is 0.331 e. The third kappa shape index (κ3) is 5.76. The molecule has 3 heterocycles. The van der Waals surface area contributed by atoms with Gasteiger partial charge in [-0.2, -0.15) is 0 Å². The predicted molar refractivity (Wildman–Crippen MR) is 132 cm³/mol. The summed E-state index contributed by atoms with van der Waals surface area (Å²) >= 11 is 1.31. The number of fused-ring (bicyclic) bond motifs is 1. The fraction of sp³-hybridized carbons (Fsp3) is 0.440. The summed E-state index contributed by atoms with van der Waals surface area (Å²) in [5, 5.41) is 12.8. The van der Waals surface area contributed by atoms with E-state index in [1.165, 1.54) is 44.7 Å². The molecular formula is C25H28FN3O5S. The summed E-state index contributed by atoms with van der Waals surface area (Å²) in [5.41, 5.74) is 0.229. The maximum atomic E-state index is 13.1. The Kier molecular flexibility index (Phi) is 7.92. The van der Waals surface area contributed by atoms with Crippen molar-refractivity contribution in [3.8, 4) is 0 Å². The molecule has 0 atom stereocenters. The highest BCUT2D eigenvalue weighted by molar-refractivity contribution is 7.09. The summed E-state index contributed by atoms with van der Waals surface area (Å²) < 4.78 is 15.7. The van der Waals surface area contributed by atoms with Crippen LogP contribution in [0, 0.1) is 11.7 Å². The number of halogens is 1. The standard InChI is InChI=1S/C25H28FN3O5S/c26-19-5-3-17(4-6-19)23(32)18-7-12-27(13-8-18)10-1-2-11-29-24(33)20-15-35-16-21(20)28(25(29)34)14-9-22(30)31/h3-6,15-16,18H,1-2,7-14H2,(H,30,31). The minimum absolute atomic E-state index is 0.0211. The third-order valence-corrected chi connectivity index (χ3v) is 7.34. The number of benzene rings is 1. The largest absolute Gasteiger partial charge is 0.481 e. The molecule has 0 unspecified atom stereocenters. The molecule has 1 aromatic carbocycles. The van der Waals surface area contributed by atoms with Gasteiger partial charge in [0.25, 0.3) is 5.56 Å². The summed E-state index contributed by atoms with van der Waals surface area (Å²) in [5.74, 6) is -1.35. The SMILES string of the molecule is O=C(O)CCn1c(=O)n(CCCCN2CCC(C(=O)c3ccc(F)cc3)CC2)c(=O)c2cscc21. The topological polar surface area (TPSA) is 102 Å². The number of unbranched alkanes of at least 4 members (excludes halogenated alkanes) is 1. The highest BCUT2D eigenvalue weighted by atomic mass is 32.1. The fourth-order valence-corrected chi connectivity index (χ4v) is 5.44. The van der Waals surface area contributed by atoms with Crippen LogP contribution in [0.25, 0.3) is 10.9 Å². The van der Waals surface area contributed by atoms with Crippen LogP contribution in [0.1, 0.15) is 42.5 Å². The number of hydrogen-bond acceptors (Lipinski definition) is 6. The first-order valence-electron chi connectivity index (χ1n) is 11.8. The number of hydrogen-bond donors (Lipinski definition) is 1. The minimum Gasteiger partial charge on any atom is -0.481 e. The number of Topliss-reactive ketones (excluding diaryl/α,β-unsaturated/α-hetero) is 1. The van der Waals surface area contributed by atoms with Crippen LogP contribution in [-0.2, 0) is 17.9 Å². The average Bonchev–Trinajstić information content (AvgIpc) is 3.34. The molecule has 8 nitrogen and oxygen atoms in total. The number of piperidine rings is 1. The van der Waals surface area contributed by atoms with Gasteiger partial charge in [-0.05, 0) is 69.6 Å². The van der Waals surface area contributed by atoms with Crippen LogP contribution in [0.2, 0.25) is 0 Å². The highest BCUT2D eigenvalue weighted by Gasteiger charge is 2.25. The van der Waals surface area contributed by atoms with Crippen molar-refractivity contribution in [2.45, 2.75) is 45.2 Å². The van der Waals surface area contributed by atoms with Crippen molar-refractivity contribution in [1.29, 1.82) is 0 Å². The van der Waals surface area contributed by atoms with Crippen LogP contribution < -0.4 is 11.2 Å². The van der Waals surface area contributed by atoms with Crippen LogP contribution in [0.5, 0.6) is 0 Å². The molecule has 1 aliphatic heterocycles. The number of ketones is 1. The van der Waals surface area contributed by atoms with Gasteiger partial charge in [0.15, 0.2) is 5.78 Å². The lowest BCUT2D eigenvalue weighted by molar-refractivity contribution is -0.137. The van der Waals surface area contributed by atoms with E-state index in [4.69, 9.17) is 5.11 Å². The Morgan fingerprint density at radius 1 is 0.971 bits per heavy atom. The molecule has 1 saturated heterocycles. The van der Waals surface area contributed by atoms with Crippen molar-refractivity contribution in [1.82, 2.24) is 14.0 Å². The first-order chi connectivity index (χ1) is 16.8. The number of aryl methyl sites for hydroxylation is 1. The summed E-state index contributed by atoms with van der Waals surface area (Å²) in [6.45, 7) is 2.68. The first-order valence-corrected chi connectivity index (χ1v) is 12.7. The maximum Gasteiger partial charge on any atom is 0.331 e. The Bertz CT molecular complexity index is 1320. The Morgan fingerprint density at radius 3 is 2.34 bits per heavy atom. The molecule has 186 valence electrons. The van der Waals surface area contributed by atoms with E-state index in [-0.39, 0.29) is 42.6 Å². The molecule has 1 fully saturated rings. The quantitative estimate of drug-likeness (QED) is 0.338. The molecule has 1 aliphatic rings. The number of carboxylic acids is 1. The van der Waals surface area contributed by atoms with Gasteiger partial charge >= 0.3 is 11.7 Å². The number of carboxylic acid groups (broad SMARTS) is 1. The van der Waals surface area contributed by atoms with E-state index in [1.807, 2.05) is 0 Å². The van der Waals surface area contributed by atoms with Crippen molar-refractivity contribution in [2.24, 2.45) is 5.92 Å². The lowest BCUT2D eigenvalue weighted by Gasteiger charge is -2.31. The van der Waals surface area contributed by atoms with Crippen molar-refractivity contribution in [2.75, 3.05) is 19.6 Å². The van der Waals surface area contributed by atoms with Gasteiger partial charge in [0, 0.05) is 35.3 Å². The second-order valence-electron chi connectivity index (χ2n) is 8.90. The van der Waals surface area contributed by atoms with Gasteiger partial charge in [-0.15, -0.1) is 11.3 Å². The Hall–Kier alpha value is -3.11. The Balaban J connectivity index is 1.30. The molecule has 4 rings (SSSR count). The highest BCUT2D eigenvalue weighted by Crippen LogP contribution is 2.22.